The first-order chi connectivity index (χ1) is 30.0. The number of benzene rings is 2. The van der Waals surface area contributed by atoms with Crippen LogP contribution in [0.15, 0.2) is 82.6 Å². The molecule has 2 aromatic carbocycles. The van der Waals surface area contributed by atoms with E-state index in [9.17, 15) is 28.4 Å². The SMILES string of the molecule is CCCC(C=O)N(C)c1ccc(CCCCNC)cc1N(C)C=O.CNC1=CC(=N/C(=C/C=C\NC=O)c2cccc(C=O)c2)NN2C1=NCC2C(=O)NC1CC1F.CNC=O. The van der Waals surface area contributed by atoms with Crippen LogP contribution in [0.25, 0.3) is 5.70 Å². The molecule has 3 aliphatic rings. The van der Waals surface area contributed by atoms with Gasteiger partial charge in [0.05, 0.1) is 41.4 Å². The van der Waals surface area contributed by atoms with E-state index in [2.05, 4.69) is 56.1 Å². The minimum atomic E-state index is -0.999. The van der Waals surface area contributed by atoms with Crippen LogP contribution in [-0.4, -0.2) is 127 Å². The number of alkyl halides is 1. The van der Waals surface area contributed by atoms with Crippen LogP contribution < -0.4 is 41.8 Å². The fourth-order valence-electron chi connectivity index (χ4n) is 6.37. The van der Waals surface area contributed by atoms with Crippen LogP contribution in [0.1, 0.15) is 60.5 Å². The van der Waals surface area contributed by atoms with Gasteiger partial charge in [-0.2, -0.15) is 0 Å². The van der Waals surface area contributed by atoms with Crippen molar-refractivity contribution in [1.29, 1.82) is 0 Å². The fourth-order valence-corrected chi connectivity index (χ4v) is 6.37. The number of carbonyl (C=O) groups is 6. The highest BCUT2D eigenvalue weighted by Gasteiger charge is 2.43. The number of amidine groups is 2. The second-order valence-corrected chi connectivity index (χ2v) is 14.4. The number of likely N-dealkylation sites (N-methyl/N-ethyl adjacent to an activating group) is 2. The Labute approximate surface area is 363 Å². The van der Waals surface area contributed by atoms with Crippen molar-refractivity contribution in [3.8, 4) is 0 Å². The number of amides is 4. The number of anilines is 2. The summed E-state index contributed by atoms with van der Waals surface area (Å²) in [5, 5.41) is 15.2. The van der Waals surface area contributed by atoms with Crippen molar-refractivity contribution < 1.29 is 33.2 Å². The number of hydrazine groups is 1. The predicted molar refractivity (Wildman–Crippen MR) is 241 cm³/mol. The highest BCUT2D eigenvalue weighted by molar-refractivity contribution is 6.12. The number of carbonyl (C=O) groups excluding carboxylic acids is 6. The van der Waals surface area contributed by atoms with Gasteiger partial charge in [-0.1, -0.05) is 37.6 Å². The van der Waals surface area contributed by atoms with Gasteiger partial charge in [-0.05, 0) is 75.2 Å². The van der Waals surface area contributed by atoms with Gasteiger partial charge in [0.1, 0.15) is 30.6 Å². The third kappa shape index (κ3) is 14.8. The molecule has 6 N–H and O–H groups in total. The molecular formula is C44H60FN11O6. The molecule has 0 spiro atoms. The summed E-state index contributed by atoms with van der Waals surface area (Å²) in [5.74, 6) is 0.653. The lowest BCUT2D eigenvalue weighted by Gasteiger charge is -2.32. The van der Waals surface area contributed by atoms with Crippen LogP contribution in [0.2, 0.25) is 0 Å². The number of halogens is 1. The molecule has 17 nitrogen and oxygen atoms in total. The Morgan fingerprint density at radius 3 is 2.42 bits per heavy atom. The van der Waals surface area contributed by atoms with Gasteiger partial charge in [-0.3, -0.25) is 39.4 Å². The second-order valence-electron chi connectivity index (χ2n) is 14.4. The Hall–Kier alpha value is -6.69. The van der Waals surface area contributed by atoms with E-state index < -0.39 is 18.3 Å². The molecule has 2 aliphatic heterocycles. The number of nitrogens with one attached hydrogen (secondary N) is 6. The smallest absolute Gasteiger partial charge is 0.247 e. The Morgan fingerprint density at radius 2 is 1.81 bits per heavy atom. The van der Waals surface area contributed by atoms with Crippen molar-refractivity contribution in [2.75, 3.05) is 58.1 Å². The molecule has 4 atom stereocenters. The number of aldehydes is 2. The van der Waals surface area contributed by atoms with Gasteiger partial charge in [-0.15, -0.1) is 0 Å². The lowest BCUT2D eigenvalue weighted by atomic mass is 10.0. The summed E-state index contributed by atoms with van der Waals surface area (Å²) < 4.78 is 13.3. The predicted octanol–water partition coefficient (Wildman–Crippen LogP) is 2.42. The van der Waals surface area contributed by atoms with Crippen molar-refractivity contribution in [3.05, 3.63) is 89.3 Å². The second kappa shape index (κ2) is 26.5. The van der Waals surface area contributed by atoms with Crippen LogP contribution in [-0.2, 0) is 30.4 Å². The highest BCUT2D eigenvalue weighted by atomic mass is 19.1. The standard InChI is InChI=1S/C23H24FN7O3.C19H31N3O2.C2H5NO/c1-25-19-10-21(30-31-20(11-27-22(19)31)23(34)29-18-9-16(18)24)28-17(6-3-7-26-13-33)15-5-2-4-14(8-15)12-32;1-5-8-17(14-23)22(4)18-11-10-16(9-6-7-12-20-2)13-19(18)21(3)15-24;1-3-2-4/h2-8,10,12-13,16,18,20,25H,9,11H2,1H3,(H,26,33)(H,28,30)(H,29,34);10-11,13-15,17,20H,5-9,12H2,1-4H3;2H,1H3,(H,3,4)/b7-3-,17-6+;;. The molecule has 0 aromatic heterocycles. The normalized spacial score (nSPS) is 18.4. The number of allylic oxidation sites excluding steroid dienone is 2. The van der Waals surface area contributed by atoms with Crippen molar-refractivity contribution >= 4 is 66.5 Å². The fraction of sp³-hybridized carbons (Fsp3) is 0.409. The lowest BCUT2D eigenvalue weighted by molar-refractivity contribution is -0.125. The number of hydrogen-bond donors (Lipinski definition) is 6. The minimum Gasteiger partial charge on any atom is -0.385 e. The zero-order valence-electron chi connectivity index (χ0n) is 36.3. The van der Waals surface area contributed by atoms with Crippen molar-refractivity contribution in [3.63, 3.8) is 0 Å². The number of rotatable bonds is 22. The van der Waals surface area contributed by atoms with Crippen LogP contribution >= 0.6 is 0 Å². The Morgan fingerprint density at radius 1 is 1.05 bits per heavy atom. The van der Waals surface area contributed by atoms with Crippen LogP contribution in [0.4, 0.5) is 15.8 Å². The number of nitrogens with zero attached hydrogens (tertiary/aromatic N) is 5. The number of fused-ring (bicyclic) bond motifs is 1. The lowest BCUT2D eigenvalue weighted by Crippen LogP contribution is -2.58. The zero-order chi connectivity index (χ0) is 45.4. The van der Waals surface area contributed by atoms with Crippen LogP contribution in [0.3, 0.4) is 0 Å². The van der Waals surface area contributed by atoms with E-state index in [1.54, 1.807) is 73.5 Å². The average molecular weight is 858 g/mol. The van der Waals surface area contributed by atoms with Gasteiger partial charge in [0.15, 0.2) is 5.84 Å². The quantitative estimate of drug-likeness (QED) is 0.0576. The molecule has 0 saturated heterocycles. The maximum absolute atomic E-state index is 13.3. The van der Waals surface area contributed by atoms with Crippen LogP contribution in [0, 0.1) is 0 Å². The van der Waals surface area contributed by atoms with E-state index in [1.807, 2.05) is 25.1 Å². The summed E-state index contributed by atoms with van der Waals surface area (Å²) in [6, 6.07) is 11.8. The number of aliphatic imine (C=N–C) groups is 2. The third-order valence-corrected chi connectivity index (χ3v) is 9.85. The topological polar surface area (TPSA) is 209 Å². The van der Waals surface area contributed by atoms with E-state index in [0.29, 0.717) is 53.4 Å². The molecule has 18 heteroatoms. The Bertz CT molecular complexity index is 1990. The Kier molecular flexibility index (Phi) is 21.2. The van der Waals surface area contributed by atoms with Crippen molar-refractivity contribution in [2.45, 2.75) is 69.7 Å². The van der Waals surface area contributed by atoms with Crippen molar-refractivity contribution in [1.82, 2.24) is 37.0 Å². The maximum atomic E-state index is 13.3. The number of hydrogen-bond acceptors (Lipinski definition) is 12. The number of unbranched alkanes of at least 4 members (excludes halogenated alkanes) is 1. The average Bonchev–Trinajstić information content (AvgIpc) is 3.82. The first kappa shape index (κ1) is 49.7. The molecule has 1 fully saturated rings. The molecule has 2 aromatic rings. The zero-order valence-corrected chi connectivity index (χ0v) is 36.3. The molecule has 1 saturated carbocycles. The third-order valence-electron chi connectivity index (χ3n) is 9.85. The summed E-state index contributed by atoms with van der Waals surface area (Å²) in [6.45, 7) is 3.30. The molecule has 0 bridgehead atoms. The molecule has 0 radical (unpaired) electrons. The van der Waals surface area contributed by atoms with Crippen molar-refractivity contribution in [2.24, 2.45) is 9.98 Å². The minimum absolute atomic E-state index is 0.171. The van der Waals surface area contributed by atoms with E-state index in [1.165, 1.54) is 11.8 Å². The van der Waals surface area contributed by atoms with Gasteiger partial charge in [0.25, 0.3) is 0 Å². The number of aryl methyl sites for hydroxylation is 1. The Balaban J connectivity index is 0.000000321. The van der Waals surface area contributed by atoms with Crippen LogP contribution in [0.5, 0.6) is 0 Å². The summed E-state index contributed by atoms with van der Waals surface area (Å²) >= 11 is 0. The summed E-state index contributed by atoms with van der Waals surface area (Å²) in [7, 11) is 8.92. The van der Waals surface area contributed by atoms with E-state index in [4.69, 9.17) is 9.79 Å². The summed E-state index contributed by atoms with van der Waals surface area (Å²) in [5.41, 5.74) is 8.41. The highest BCUT2D eigenvalue weighted by Crippen LogP contribution is 2.31. The molecule has 62 heavy (non-hydrogen) atoms. The largest absolute Gasteiger partial charge is 0.385 e. The monoisotopic (exact) mass is 857 g/mol. The van der Waals surface area contributed by atoms with E-state index >= 15 is 0 Å². The first-order valence-electron chi connectivity index (χ1n) is 20.4. The molecule has 334 valence electrons. The van der Waals surface area contributed by atoms with Gasteiger partial charge >= 0.3 is 0 Å². The molecule has 2 heterocycles. The summed E-state index contributed by atoms with van der Waals surface area (Å²) in [4.78, 5) is 78.9. The van der Waals surface area contributed by atoms with E-state index in [0.717, 1.165) is 69.0 Å². The summed E-state index contributed by atoms with van der Waals surface area (Å²) in [6.07, 6.45) is 14.5. The van der Waals surface area contributed by atoms with Gasteiger partial charge < -0.3 is 41.2 Å². The molecule has 5 rings (SSSR count). The molecule has 4 unspecified atom stereocenters. The maximum Gasteiger partial charge on any atom is 0.247 e. The first-order valence-corrected chi connectivity index (χ1v) is 20.4. The van der Waals surface area contributed by atoms with E-state index in [-0.39, 0.29) is 18.5 Å². The molecule has 1 aliphatic carbocycles. The molecule has 4 amide bonds. The molecular weight excluding hydrogens is 798 g/mol. The van der Waals surface area contributed by atoms with Gasteiger partial charge in [0, 0.05) is 58.0 Å². The van der Waals surface area contributed by atoms with Gasteiger partial charge in [-0.25, -0.2) is 9.38 Å². The van der Waals surface area contributed by atoms with Gasteiger partial charge in [0.2, 0.25) is 25.1 Å².